The highest BCUT2D eigenvalue weighted by Gasteiger charge is 2.41. The van der Waals surface area contributed by atoms with E-state index in [1.54, 1.807) is 0 Å². The molecule has 1 amide bonds. The van der Waals surface area contributed by atoms with Gasteiger partial charge in [-0.05, 0) is 45.4 Å². The van der Waals surface area contributed by atoms with Crippen LogP contribution in [0.1, 0.15) is 53.9 Å². The van der Waals surface area contributed by atoms with Gasteiger partial charge in [-0.25, -0.2) is 4.79 Å². The molecule has 1 heterocycles. The number of alkyl halides is 1. The van der Waals surface area contributed by atoms with Crippen molar-refractivity contribution in [3.8, 4) is 0 Å². The first-order valence-corrected chi connectivity index (χ1v) is 8.75. The highest BCUT2D eigenvalue weighted by molar-refractivity contribution is 14.1. The monoisotopic (exact) mass is 397 g/mol. The highest BCUT2D eigenvalue weighted by Crippen LogP contribution is 2.33. The zero-order chi connectivity index (χ0) is 15.4. The fraction of sp³-hybridized carbons (Fsp3) is 0.933. The van der Waals surface area contributed by atoms with Crippen molar-refractivity contribution in [1.82, 2.24) is 5.32 Å². The molecular formula is C15H28INO3. The third kappa shape index (κ3) is 6.16. The summed E-state index contributed by atoms with van der Waals surface area (Å²) in [6.45, 7) is 11.4. The van der Waals surface area contributed by atoms with E-state index in [2.05, 4.69) is 41.8 Å². The minimum Gasteiger partial charge on any atom is -0.444 e. The Labute approximate surface area is 136 Å². The molecule has 118 valence electrons. The van der Waals surface area contributed by atoms with Crippen LogP contribution in [0.25, 0.3) is 0 Å². The standard InChI is InChI=1S/C15H28INO3/c1-13(2,3)20-12(18)17-15(10-19-11-15)7-6-14(4,5)8-9-16/h6-11H2,1-5H3,(H,17,18). The van der Waals surface area contributed by atoms with Crippen LogP contribution in [-0.2, 0) is 9.47 Å². The van der Waals surface area contributed by atoms with Crippen molar-refractivity contribution in [1.29, 1.82) is 0 Å². The summed E-state index contributed by atoms with van der Waals surface area (Å²) in [7, 11) is 0. The Morgan fingerprint density at radius 3 is 2.25 bits per heavy atom. The molecule has 0 atom stereocenters. The summed E-state index contributed by atoms with van der Waals surface area (Å²) in [4.78, 5) is 11.9. The van der Waals surface area contributed by atoms with Gasteiger partial charge in [-0.3, -0.25) is 0 Å². The first-order valence-electron chi connectivity index (χ1n) is 7.22. The van der Waals surface area contributed by atoms with E-state index >= 15 is 0 Å². The summed E-state index contributed by atoms with van der Waals surface area (Å²) in [5.41, 5.74) is -0.388. The van der Waals surface area contributed by atoms with Gasteiger partial charge in [-0.15, -0.1) is 0 Å². The molecule has 20 heavy (non-hydrogen) atoms. The van der Waals surface area contributed by atoms with Gasteiger partial charge >= 0.3 is 6.09 Å². The molecule has 0 unspecified atom stereocenters. The average Bonchev–Trinajstić information content (AvgIpc) is 2.19. The van der Waals surface area contributed by atoms with Crippen LogP contribution < -0.4 is 5.32 Å². The number of hydrogen-bond acceptors (Lipinski definition) is 3. The summed E-state index contributed by atoms with van der Waals surface area (Å²) in [5.74, 6) is 0. The van der Waals surface area contributed by atoms with Crippen LogP contribution in [0, 0.1) is 5.41 Å². The van der Waals surface area contributed by atoms with Crippen molar-refractivity contribution in [2.75, 3.05) is 17.6 Å². The zero-order valence-electron chi connectivity index (χ0n) is 13.3. The van der Waals surface area contributed by atoms with Gasteiger partial charge in [0.05, 0.1) is 18.8 Å². The van der Waals surface area contributed by atoms with Crippen molar-refractivity contribution in [3.05, 3.63) is 0 Å². The molecule has 0 saturated carbocycles. The van der Waals surface area contributed by atoms with Crippen molar-refractivity contribution in [2.24, 2.45) is 5.41 Å². The van der Waals surface area contributed by atoms with E-state index in [9.17, 15) is 4.79 Å². The minimum atomic E-state index is -0.462. The van der Waals surface area contributed by atoms with Gasteiger partial charge in [0.25, 0.3) is 0 Å². The van der Waals surface area contributed by atoms with Crippen molar-refractivity contribution >= 4 is 28.7 Å². The molecule has 0 aromatic rings. The Bertz CT molecular complexity index is 333. The van der Waals surface area contributed by atoms with Gasteiger partial charge < -0.3 is 14.8 Å². The molecule has 0 aliphatic carbocycles. The summed E-state index contributed by atoms with van der Waals surface area (Å²) >= 11 is 2.42. The van der Waals surface area contributed by atoms with Gasteiger partial charge in [0.1, 0.15) is 5.60 Å². The molecule has 0 aromatic heterocycles. The maximum atomic E-state index is 11.9. The Hall–Kier alpha value is -0.0400. The van der Waals surface area contributed by atoms with E-state index in [0.29, 0.717) is 18.6 Å². The Kier molecular flexibility index (Phi) is 6.14. The lowest BCUT2D eigenvalue weighted by Gasteiger charge is -2.43. The average molecular weight is 397 g/mol. The lowest BCUT2D eigenvalue weighted by Crippen LogP contribution is -2.62. The molecule has 0 bridgehead atoms. The molecule has 5 heteroatoms. The van der Waals surface area contributed by atoms with Crippen LogP contribution in [0.5, 0.6) is 0 Å². The number of alkyl carbamates (subject to hydrolysis) is 1. The van der Waals surface area contributed by atoms with Crippen LogP contribution >= 0.6 is 22.6 Å². The Balaban J connectivity index is 2.49. The molecular weight excluding hydrogens is 369 g/mol. The second kappa shape index (κ2) is 6.81. The zero-order valence-corrected chi connectivity index (χ0v) is 15.5. The second-order valence-electron chi connectivity index (χ2n) is 7.50. The van der Waals surface area contributed by atoms with E-state index in [1.807, 2.05) is 20.8 Å². The van der Waals surface area contributed by atoms with Crippen LogP contribution in [-0.4, -0.2) is 34.9 Å². The maximum Gasteiger partial charge on any atom is 0.408 e. The Morgan fingerprint density at radius 1 is 1.25 bits per heavy atom. The number of nitrogens with one attached hydrogen (secondary N) is 1. The fourth-order valence-corrected chi connectivity index (χ4v) is 3.57. The molecule has 0 spiro atoms. The maximum absolute atomic E-state index is 11.9. The van der Waals surface area contributed by atoms with E-state index < -0.39 is 5.60 Å². The van der Waals surface area contributed by atoms with Crippen LogP contribution in [0.2, 0.25) is 0 Å². The van der Waals surface area contributed by atoms with Crippen molar-refractivity contribution in [3.63, 3.8) is 0 Å². The molecule has 0 radical (unpaired) electrons. The molecule has 1 aliphatic rings. The number of ether oxygens (including phenoxy) is 2. The van der Waals surface area contributed by atoms with Gasteiger partial charge in [0, 0.05) is 4.43 Å². The highest BCUT2D eigenvalue weighted by atomic mass is 127. The third-order valence-corrected chi connectivity index (χ3v) is 4.11. The third-order valence-electron chi connectivity index (χ3n) is 3.57. The molecule has 0 aromatic carbocycles. The van der Waals surface area contributed by atoms with Gasteiger partial charge in [0.15, 0.2) is 0 Å². The molecule has 1 fully saturated rings. The van der Waals surface area contributed by atoms with Crippen LogP contribution in [0.15, 0.2) is 0 Å². The second-order valence-corrected chi connectivity index (χ2v) is 8.58. The molecule has 1 rings (SSSR count). The van der Waals surface area contributed by atoms with Gasteiger partial charge in [-0.2, -0.15) is 0 Å². The van der Waals surface area contributed by atoms with E-state index in [0.717, 1.165) is 17.3 Å². The van der Waals surface area contributed by atoms with Crippen molar-refractivity contribution < 1.29 is 14.3 Å². The van der Waals surface area contributed by atoms with Crippen LogP contribution in [0.4, 0.5) is 4.79 Å². The summed E-state index contributed by atoms with van der Waals surface area (Å²) in [6.07, 6.45) is 2.87. The minimum absolute atomic E-state index is 0.231. The first kappa shape index (κ1) is 18.0. The number of carbonyl (C=O) groups excluding carboxylic acids is 1. The predicted octanol–water partition coefficient (Wildman–Crippen LogP) is 3.91. The van der Waals surface area contributed by atoms with E-state index in [-0.39, 0.29) is 11.6 Å². The molecule has 1 N–H and O–H groups in total. The quantitative estimate of drug-likeness (QED) is 0.546. The topological polar surface area (TPSA) is 47.6 Å². The summed E-state index contributed by atoms with van der Waals surface area (Å²) in [6, 6.07) is 0. The van der Waals surface area contributed by atoms with Crippen LogP contribution in [0.3, 0.4) is 0 Å². The summed E-state index contributed by atoms with van der Waals surface area (Å²) in [5, 5.41) is 3.01. The number of halogens is 1. The molecule has 4 nitrogen and oxygen atoms in total. The molecule has 1 saturated heterocycles. The summed E-state index contributed by atoms with van der Waals surface area (Å²) < 4.78 is 11.8. The number of carbonyl (C=O) groups is 1. The lowest BCUT2D eigenvalue weighted by atomic mass is 9.79. The predicted molar refractivity (Wildman–Crippen MR) is 89.4 cm³/mol. The Morgan fingerprint density at radius 2 is 1.85 bits per heavy atom. The number of rotatable bonds is 6. The SMILES string of the molecule is CC(C)(CCI)CCC1(NC(=O)OC(C)(C)C)COC1. The lowest BCUT2D eigenvalue weighted by molar-refractivity contribution is -0.0834. The van der Waals surface area contributed by atoms with E-state index in [1.165, 1.54) is 6.42 Å². The first-order chi connectivity index (χ1) is 9.08. The smallest absolute Gasteiger partial charge is 0.408 e. The van der Waals surface area contributed by atoms with Gasteiger partial charge in [0.2, 0.25) is 0 Å². The normalized spacial score (nSPS) is 18.3. The van der Waals surface area contributed by atoms with E-state index in [4.69, 9.17) is 9.47 Å². The number of amides is 1. The number of hydrogen-bond donors (Lipinski definition) is 1. The van der Waals surface area contributed by atoms with Gasteiger partial charge in [-0.1, -0.05) is 36.4 Å². The largest absolute Gasteiger partial charge is 0.444 e. The molecule has 1 aliphatic heterocycles. The van der Waals surface area contributed by atoms with Crippen molar-refractivity contribution in [2.45, 2.75) is 65.0 Å². The fourth-order valence-electron chi connectivity index (χ4n) is 2.11.